The predicted octanol–water partition coefficient (Wildman–Crippen LogP) is 0.822. The van der Waals surface area contributed by atoms with E-state index in [0.29, 0.717) is 12.0 Å². The minimum absolute atomic E-state index is 0.0244. The van der Waals surface area contributed by atoms with Crippen LogP contribution < -0.4 is 10.6 Å². The van der Waals surface area contributed by atoms with Crippen LogP contribution in [0.5, 0.6) is 0 Å². The molecule has 1 aliphatic heterocycles. The van der Waals surface area contributed by atoms with Gasteiger partial charge in [0.1, 0.15) is 12.1 Å². The van der Waals surface area contributed by atoms with Gasteiger partial charge >= 0.3 is 0 Å². The minimum Gasteiger partial charge on any atom is -0.396 e. The van der Waals surface area contributed by atoms with Crippen LogP contribution >= 0.6 is 0 Å². The number of anilines is 1. The van der Waals surface area contributed by atoms with E-state index in [2.05, 4.69) is 39.9 Å². The minimum atomic E-state index is 0.0244. The maximum Gasteiger partial charge on any atom is 0.132 e. The van der Waals surface area contributed by atoms with Gasteiger partial charge in [0.05, 0.1) is 6.61 Å². The molecule has 0 radical (unpaired) electrons. The molecule has 0 aromatic carbocycles. The van der Waals surface area contributed by atoms with Gasteiger partial charge in [0.15, 0.2) is 0 Å². The summed E-state index contributed by atoms with van der Waals surface area (Å²) < 4.78 is 0. The SMILES string of the molecule is CN(C)CC1(CO)CCN(c2cc(C3CC(N)C3)ncn2)CC1. The number of rotatable bonds is 5. The van der Waals surface area contributed by atoms with Crippen LogP contribution in [-0.2, 0) is 0 Å². The zero-order valence-corrected chi connectivity index (χ0v) is 14.3. The van der Waals surface area contributed by atoms with E-state index in [1.165, 1.54) is 0 Å². The van der Waals surface area contributed by atoms with Crippen LogP contribution in [0.25, 0.3) is 0 Å². The summed E-state index contributed by atoms with van der Waals surface area (Å²) in [7, 11) is 4.15. The summed E-state index contributed by atoms with van der Waals surface area (Å²) in [4.78, 5) is 13.4. The Morgan fingerprint density at radius 1 is 1.30 bits per heavy atom. The van der Waals surface area contributed by atoms with Gasteiger partial charge in [-0.15, -0.1) is 0 Å². The molecular weight excluding hydrogens is 290 g/mol. The fraction of sp³-hybridized carbons (Fsp3) is 0.765. The molecule has 0 bridgehead atoms. The molecule has 1 saturated carbocycles. The third-order valence-corrected chi connectivity index (χ3v) is 5.40. The zero-order valence-electron chi connectivity index (χ0n) is 14.3. The van der Waals surface area contributed by atoms with E-state index in [0.717, 1.165) is 56.8 Å². The summed E-state index contributed by atoms with van der Waals surface area (Å²) in [5.74, 6) is 1.52. The fourth-order valence-electron chi connectivity index (χ4n) is 3.91. The maximum atomic E-state index is 9.85. The molecule has 0 atom stereocenters. The number of nitrogens with two attached hydrogens (primary N) is 1. The second-order valence-electron chi connectivity index (χ2n) is 7.61. The molecule has 3 N–H and O–H groups in total. The highest BCUT2D eigenvalue weighted by Crippen LogP contribution is 2.37. The van der Waals surface area contributed by atoms with E-state index in [4.69, 9.17) is 5.73 Å². The van der Waals surface area contributed by atoms with Gasteiger partial charge in [-0.3, -0.25) is 0 Å². The van der Waals surface area contributed by atoms with Crippen molar-refractivity contribution in [1.82, 2.24) is 14.9 Å². The Bertz CT molecular complexity index is 521. The average Bonchev–Trinajstić information content (AvgIpc) is 2.52. The standard InChI is InChI=1S/C17H29N5O/c1-21(2)10-17(11-23)3-5-22(6-4-17)16-9-15(19-12-20-16)13-7-14(18)8-13/h9,12-14,23H,3-8,10-11,18H2,1-2H3. The highest BCUT2D eigenvalue weighted by atomic mass is 16.3. The lowest BCUT2D eigenvalue weighted by Crippen LogP contribution is -2.47. The van der Waals surface area contributed by atoms with Gasteiger partial charge in [-0.2, -0.15) is 0 Å². The second kappa shape index (κ2) is 6.71. The first-order chi connectivity index (χ1) is 11.0. The molecule has 3 rings (SSSR count). The molecule has 6 nitrogen and oxygen atoms in total. The molecular formula is C17H29N5O. The maximum absolute atomic E-state index is 9.85. The Morgan fingerprint density at radius 2 is 2.00 bits per heavy atom. The first-order valence-corrected chi connectivity index (χ1v) is 8.59. The van der Waals surface area contributed by atoms with E-state index in [1.54, 1.807) is 6.33 Å². The molecule has 1 aliphatic carbocycles. The predicted molar refractivity (Wildman–Crippen MR) is 91.5 cm³/mol. The van der Waals surface area contributed by atoms with Crippen LogP contribution in [-0.4, -0.2) is 66.4 Å². The molecule has 6 heteroatoms. The number of aliphatic hydroxyl groups is 1. The van der Waals surface area contributed by atoms with Crippen molar-refractivity contribution < 1.29 is 5.11 Å². The third-order valence-electron chi connectivity index (χ3n) is 5.40. The summed E-state index contributed by atoms with van der Waals surface area (Å²) in [6.45, 7) is 3.07. The topological polar surface area (TPSA) is 78.5 Å². The normalized spacial score (nSPS) is 27.1. The fourth-order valence-corrected chi connectivity index (χ4v) is 3.91. The van der Waals surface area contributed by atoms with Gasteiger partial charge in [0, 0.05) is 48.8 Å². The third kappa shape index (κ3) is 3.65. The van der Waals surface area contributed by atoms with Crippen molar-refractivity contribution in [3.63, 3.8) is 0 Å². The van der Waals surface area contributed by atoms with E-state index in [-0.39, 0.29) is 12.0 Å². The van der Waals surface area contributed by atoms with Crippen molar-refractivity contribution >= 4 is 5.82 Å². The van der Waals surface area contributed by atoms with Crippen molar-refractivity contribution in [2.75, 3.05) is 45.2 Å². The van der Waals surface area contributed by atoms with E-state index in [9.17, 15) is 5.11 Å². The molecule has 1 aromatic rings. The second-order valence-corrected chi connectivity index (χ2v) is 7.61. The number of aliphatic hydroxyl groups excluding tert-OH is 1. The lowest BCUT2D eigenvalue weighted by Gasteiger charge is -2.42. The van der Waals surface area contributed by atoms with Crippen molar-refractivity contribution in [1.29, 1.82) is 0 Å². The van der Waals surface area contributed by atoms with Gasteiger partial charge < -0.3 is 20.6 Å². The molecule has 1 aromatic heterocycles. The summed E-state index contributed by atoms with van der Waals surface area (Å²) in [5.41, 5.74) is 7.04. The molecule has 128 valence electrons. The van der Waals surface area contributed by atoms with Gasteiger partial charge in [-0.05, 0) is 39.8 Å². The van der Waals surface area contributed by atoms with Crippen molar-refractivity contribution in [3.05, 3.63) is 18.1 Å². The number of hydrogen-bond donors (Lipinski definition) is 2. The Hall–Kier alpha value is -1.24. The van der Waals surface area contributed by atoms with Crippen LogP contribution in [0.15, 0.2) is 12.4 Å². The first-order valence-electron chi connectivity index (χ1n) is 8.59. The lowest BCUT2D eigenvalue weighted by molar-refractivity contribution is 0.0675. The highest BCUT2D eigenvalue weighted by Gasteiger charge is 2.35. The summed E-state index contributed by atoms with van der Waals surface area (Å²) in [5, 5.41) is 9.85. The van der Waals surface area contributed by atoms with Crippen LogP contribution in [0.4, 0.5) is 5.82 Å². The van der Waals surface area contributed by atoms with Gasteiger partial charge in [-0.1, -0.05) is 0 Å². The largest absolute Gasteiger partial charge is 0.396 e. The zero-order chi connectivity index (χ0) is 16.4. The molecule has 23 heavy (non-hydrogen) atoms. The Balaban J connectivity index is 1.64. The Morgan fingerprint density at radius 3 is 2.57 bits per heavy atom. The van der Waals surface area contributed by atoms with Gasteiger partial charge in [0.25, 0.3) is 0 Å². The smallest absolute Gasteiger partial charge is 0.132 e. The summed E-state index contributed by atoms with van der Waals surface area (Å²) >= 11 is 0. The van der Waals surface area contributed by atoms with Crippen LogP contribution in [0.2, 0.25) is 0 Å². The molecule has 2 aliphatic rings. The molecule has 2 fully saturated rings. The molecule has 0 amide bonds. The van der Waals surface area contributed by atoms with Crippen LogP contribution in [0, 0.1) is 5.41 Å². The summed E-state index contributed by atoms with van der Waals surface area (Å²) in [6.07, 6.45) is 5.74. The molecule has 0 spiro atoms. The van der Waals surface area contributed by atoms with E-state index < -0.39 is 0 Å². The summed E-state index contributed by atoms with van der Waals surface area (Å²) in [6, 6.07) is 2.47. The quantitative estimate of drug-likeness (QED) is 0.837. The lowest BCUT2D eigenvalue weighted by atomic mass is 9.78. The number of hydrogen-bond acceptors (Lipinski definition) is 6. The van der Waals surface area contributed by atoms with Crippen molar-refractivity contribution in [3.8, 4) is 0 Å². The van der Waals surface area contributed by atoms with Crippen molar-refractivity contribution in [2.45, 2.75) is 37.6 Å². The molecule has 0 unspecified atom stereocenters. The van der Waals surface area contributed by atoms with Crippen LogP contribution in [0.1, 0.15) is 37.3 Å². The Kier molecular flexibility index (Phi) is 4.85. The number of aromatic nitrogens is 2. The first kappa shape index (κ1) is 16.6. The van der Waals surface area contributed by atoms with Gasteiger partial charge in [-0.25, -0.2) is 9.97 Å². The monoisotopic (exact) mass is 319 g/mol. The van der Waals surface area contributed by atoms with E-state index in [1.807, 2.05) is 0 Å². The highest BCUT2D eigenvalue weighted by molar-refractivity contribution is 5.40. The van der Waals surface area contributed by atoms with E-state index >= 15 is 0 Å². The number of nitrogens with zero attached hydrogens (tertiary/aromatic N) is 4. The average molecular weight is 319 g/mol. The number of piperidine rings is 1. The van der Waals surface area contributed by atoms with Gasteiger partial charge in [0.2, 0.25) is 0 Å². The Labute approximate surface area is 138 Å². The molecule has 1 saturated heterocycles. The van der Waals surface area contributed by atoms with Crippen LogP contribution in [0.3, 0.4) is 0 Å². The molecule has 2 heterocycles. The van der Waals surface area contributed by atoms with Crippen molar-refractivity contribution in [2.24, 2.45) is 11.1 Å².